The number of halogens is 1. The molecule has 0 saturated heterocycles. The van der Waals surface area contributed by atoms with Crippen LogP contribution in [0.1, 0.15) is 39.6 Å². The number of aromatic nitrogens is 1. The number of hydrogen-bond acceptors (Lipinski definition) is 3. The second-order valence-electron chi connectivity index (χ2n) is 7.08. The molecule has 0 bridgehead atoms. The zero-order chi connectivity index (χ0) is 20.4. The van der Waals surface area contributed by atoms with Gasteiger partial charge in [-0.15, -0.1) is 0 Å². The molecule has 1 unspecified atom stereocenters. The highest BCUT2D eigenvalue weighted by Crippen LogP contribution is 2.38. The van der Waals surface area contributed by atoms with Crippen molar-refractivity contribution in [2.24, 2.45) is 0 Å². The van der Waals surface area contributed by atoms with Gasteiger partial charge in [0, 0.05) is 23.5 Å². The Hall–Kier alpha value is -3.18. The number of carbonyl (C=O) groups is 2. The first-order chi connectivity index (χ1) is 14.0. The molecule has 1 N–H and O–H groups in total. The van der Waals surface area contributed by atoms with Crippen LogP contribution >= 0.6 is 11.6 Å². The molecule has 0 aliphatic carbocycles. The van der Waals surface area contributed by atoms with E-state index >= 15 is 0 Å². The molecule has 0 spiro atoms. The lowest BCUT2D eigenvalue weighted by atomic mass is 10.1. The number of nitrogens with zero attached hydrogens (tertiary/aromatic N) is 2. The number of pyridine rings is 1. The van der Waals surface area contributed by atoms with Crippen LogP contribution in [0.5, 0.6) is 0 Å². The van der Waals surface area contributed by atoms with Crippen molar-refractivity contribution in [1.29, 1.82) is 0 Å². The van der Waals surface area contributed by atoms with E-state index in [1.807, 2.05) is 49.4 Å². The van der Waals surface area contributed by atoms with Crippen LogP contribution in [0.25, 0.3) is 0 Å². The quantitative estimate of drug-likeness (QED) is 0.682. The fourth-order valence-electron chi connectivity index (χ4n) is 3.62. The lowest BCUT2D eigenvalue weighted by molar-refractivity contribution is -0.121. The van der Waals surface area contributed by atoms with E-state index in [-0.39, 0.29) is 18.2 Å². The zero-order valence-electron chi connectivity index (χ0n) is 15.9. The Morgan fingerprint density at radius 3 is 2.76 bits per heavy atom. The van der Waals surface area contributed by atoms with Crippen LogP contribution in [0.15, 0.2) is 66.9 Å². The second-order valence-corrected chi connectivity index (χ2v) is 7.51. The number of fused-ring (bicyclic) bond motifs is 1. The predicted octanol–water partition coefficient (Wildman–Crippen LogP) is 4.45. The first-order valence-corrected chi connectivity index (χ1v) is 9.77. The Labute approximate surface area is 174 Å². The molecule has 0 radical (unpaired) electrons. The molecule has 4 rings (SSSR count). The molecule has 1 atom stereocenters. The van der Waals surface area contributed by atoms with E-state index in [2.05, 4.69) is 10.3 Å². The maximum Gasteiger partial charge on any atom is 0.260 e. The highest BCUT2D eigenvalue weighted by atomic mass is 35.5. The van der Waals surface area contributed by atoms with Gasteiger partial charge in [0.25, 0.3) is 5.91 Å². The van der Waals surface area contributed by atoms with Crippen LogP contribution in [-0.2, 0) is 11.3 Å². The average molecular weight is 406 g/mol. The summed E-state index contributed by atoms with van der Waals surface area (Å²) in [5.41, 5.74) is 3.91. The molecule has 6 heteroatoms. The SMILES string of the molecule is Cc1cccc(N2C(=O)c3cccnc3C2CC(=O)NCc2cccc(Cl)c2)c1. The van der Waals surface area contributed by atoms with Crippen LogP contribution in [0, 0.1) is 6.92 Å². The first kappa shape index (κ1) is 19.2. The lowest BCUT2D eigenvalue weighted by Gasteiger charge is -2.25. The number of amides is 2. The molecule has 146 valence electrons. The molecule has 2 heterocycles. The maximum absolute atomic E-state index is 13.1. The molecule has 0 saturated carbocycles. The largest absolute Gasteiger partial charge is 0.352 e. The minimum atomic E-state index is -0.445. The van der Waals surface area contributed by atoms with E-state index in [4.69, 9.17) is 11.6 Å². The van der Waals surface area contributed by atoms with Crippen LogP contribution in [-0.4, -0.2) is 16.8 Å². The van der Waals surface area contributed by atoms with Gasteiger partial charge in [-0.2, -0.15) is 0 Å². The van der Waals surface area contributed by atoms with E-state index in [9.17, 15) is 9.59 Å². The second kappa shape index (κ2) is 8.05. The van der Waals surface area contributed by atoms with Crippen molar-refractivity contribution in [3.8, 4) is 0 Å². The molecule has 3 aromatic rings. The Balaban J connectivity index is 1.57. The highest BCUT2D eigenvalue weighted by molar-refractivity contribution is 6.30. The number of benzene rings is 2. The van der Waals surface area contributed by atoms with Crippen LogP contribution < -0.4 is 10.2 Å². The monoisotopic (exact) mass is 405 g/mol. The Morgan fingerprint density at radius 2 is 1.97 bits per heavy atom. The smallest absolute Gasteiger partial charge is 0.260 e. The summed E-state index contributed by atoms with van der Waals surface area (Å²) in [6, 6.07) is 18.1. The van der Waals surface area contributed by atoms with Gasteiger partial charge in [-0.25, -0.2) is 0 Å². The minimum Gasteiger partial charge on any atom is -0.352 e. The van der Waals surface area contributed by atoms with Gasteiger partial charge in [0.1, 0.15) is 0 Å². The van der Waals surface area contributed by atoms with E-state index in [1.165, 1.54) is 0 Å². The van der Waals surface area contributed by atoms with E-state index in [0.717, 1.165) is 16.8 Å². The summed E-state index contributed by atoms with van der Waals surface area (Å²) >= 11 is 6.00. The summed E-state index contributed by atoms with van der Waals surface area (Å²) in [5, 5.41) is 3.55. The van der Waals surface area contributed by atoms with Crippen molar-refractivity contribution in [1.82, 2.24) is 10.3 Å². The van der Waals surface area contributed by atoms with Gasteiger partial charge in [0.05, 0.1) is 23.7 Å². The molecular weight excluding hydrogens is 386 g/mol. The summed E-state index contributed by atoms with van der Waals surface area (Å²) in [6.07, 6.45) is 1.78. The Morgan fingerprint density at radius 1 is 1.14 bits per heavy atom. The summed E-state index contributed by atoms with van der Waals surface area (Å²) in [6.45, 7) is 2.35. The van der Waals surface area contributed by atoms with E-state index in [1.54, 1.807) is 29.3 Å². The lowest BCUT2D eigenvalue weighted by Crippen LogP contribution is -2.33. The van der Waals surface area contributed by atoms with Crippen molar-refractivity contribution >= 4 is 29.1 Å². The molecule has 1 aliphatic heterocycles. The number of hydrogen-bond donors (Lipinski definition) is 1. The van der Waals surface area contributed by atoms with Gasteiger partial charge in [-0.05, 0) is 54.4 Å². The predicted molar refractivity (Wildman–Crippen MR) is 113 cm³/mol. The van der Waals surface area contributed by atoms with E-state index in [0.29, 0.717) is 22.8 Å². The Kier molecular flexibility index (Phi) is 5.32. The number of nitrogens with one attached hydrogen (secondary N) is 1. The number of rotatable bonds is 5. The van der Waals surface area contributed by atoms with Crippen molar-refractivity contribution in [2.45, 2.75) is 25.9 Å². The summed E-state index contributed by atoms with van der Waals surface area (Å²) in [4.78, 5) is 31.8. The highest BCUT2D eigenvalue weighted by Gasteiger charge is 2.39. The molecule has 5 nitrogen and oxygen atoms in total. The third kappa shape index (κ3) is 4.00. The fraction of sp³-hybridized carbons (Fsp3) is 0.174. The summed E-state index contributed by atoms with van der Waals surface area (Å²) < 4.78 is 0. The minimum absolute atomic E-state index is 0.129. The number of aryl methyl sites for hydroxylation is 1. The molecule has 1 aromatic heterocycles. The van der Waals surface area contributed by atoms with Gasteiger partial charge < -0.3 is 5.32 Å². The first-order valence-electron chi connectivity index (χ1n) is 9.39. The van der Waals surface area contributed by atoms with Crippen molar-refractivity contribution < 1.29 is 9.59 Å². The average Bonchev–Trinajstić information content (AvgIpc) is 2.98. The molecule has 2 aromatic carbocycles. The van der Waals surface area contributed by atoms with Gasteiger partial charge in [0.15, 0.2) is 0 Å². The molecule has 1 aliphatic rings. The van der Waals surface area contributed by atoms with Gasteiger partial charge >= 0.3 is 0 Å². The molecule has 2 amide bonds. The van der Waals surface area contributed by atoms with Crippen LogP contribution in [0.4, 0.5) is 5.69 Å². The molecular formula is C23H20ClN3O2. The van der Waals surface area contributed by atoms with Gasteiger partial charge in [-0.3, -0.25) is 19.5 Å². The van der Waals surface area contributed by atoms with Gasteiger partial charge in [-0.1, -0.05) is 35.9 Å². The third-order valence-corrected chi connectivity index (χ3v) is 5.19. The number of carbonyl (C=O) groups excluding carboxylic acids is 2. The van der Waals surface area contributed by atoms with E-state index < -0.39 is 6.04 Å². The fourth-order valence-corrected chi connectivity index (χ4v) is 3.83. The maximum atomic E-state index is 13.1. The third-order valence-electron chi connectivity index (χ3n) is 4.95. The molecule has 29 heavy (non-hydrogen) atoms. The van der Waals surface area contributed by atoms with Gasteiger partial charge in [0.2, 0.25) is 5.91 Å². The Bertz CT molecular complexity index is 1080. The van der Waals surface area contributed by atoms with Crippen molar-refractivity contribution in [2.75, 3.05) is 4.90 Å². The molecule has 0 fully saturated rings. The standard InChI is InChI=1S/C23H20ClN3O2/c1-15-5-2-8-18(11-15)27-20(22-19(23(27)29)9-4-10-25-22)13-21(28)26-14-16-6-3-7-17(24)12-16/h2-12,20H,13-14H2,1H3,(H,26,28). The normalized spacial score (nSPS) is 15.3. The van der Waals surface area contributed by atoms with Crippen LogP contribution in [0.2, 0.25) is 5.02 Å². The van der Waals surface area contributed by atoms with Crippen LogP contribution in [0.3, 0.4) is 0 Å². The summed E-state index contributed by atoms with van der Waals surface area (Å²) in [5.74, 6) is -0.287. The zero-order valence-corrected chi connectivity index (χ0v) is 16.7. The number of anilines is 1. The summed E-state index contributed by atoms with van der Waals surface area (Å²) in [7, 11) is 0. The topological polar surface area (TPSA) is 62.3 Å². The van der Waals surface area contributed by atoms with Crippen molar-refractivity contribution in [3.63, 3.8) is 0 Å². The van der Waals surface area contributed by atoms with Crippen molar-refractivity contribution in [3.05, 3.63) is 94.3 Å².